The molecule has 0 aliphatic carbocycles. The summed E-state index contributed by atoms with van der Waals surface area (Å²) in [5, 5.41) is 10.9. The molecule has 26 heavy (non-hydrogen) atoms. The predicted molar refractivity (Wildman–Crippen MR) is 104 cm³/mol. The largest absolute Gasteiger partial charge is 0.504 e. The molecule has 1 heterocycles. The van der Waals surface area contributed by atoms with Gasteiger partial charge in [0.2, 0.25) is 0 Å². The normalized spacial score (nSPS) is 15.4. The number of carbonyl (C=O) groups is 2. The van der Waals surface area contributed by atoms with Gasteiger partial charge in [0.1, 0.15) is 0 Å². The first-order chi connectivity index (χ1) is 12.5. The van der Waals surface area contributed by atoms with Crippen molar-refractivity contribution in [3.8, 4) is 11.5 Å². The fourth-order valence-corrected chi connectivity index (χ4v) is 3.45. The number of hydrogen-bond donors (Lipinski definition) is 2. The van der Waals surface area contributed by atoms with Gasteiger partial charge in [-0.1, -0.05) is 36.0 Å². The Bertz CT molecular complexity index is 913. The molecule has 6 nitrogen and oxygen atoms in total. The maximum atomic E-state index is 12.5. The number of amides is 2. The molecule has 2 aromatic carbocycles. The summed E-state index contributed by atoms with van der Waals surface area (Å²) >= 11 is 6.26. The summed E-state index contributed by atoms with van der Waals surface area (Å²) in [5.41, 5.74) is 3.54. The number of carbonyl (C=O) groups excluding carboxylic acids is 2. The summed E-state index contributed by atoms with van der Waals surface area (Å²) in [4.78, 5) is 25.1. The molecular formula is C18H14N2O4S2. The molecule has 3 rings (SSSR count). The van der Waals surface area contributed by atoms with Gasteiger partial charge in [0.25, 0.3) is 11.8 Å². The number of ether oxygens (including phenoxy) is 1. The highest BCUT2D eigenvalue weighted by Crippen LogP contribution is 2.33. The lowest BCUT2D eigenvalue weighted by Crippen LogP contribution is -2.44. The lowest BCUT2D eigenvalue weighted by Gasteiger charge is -2.15. The van der Waals surface area contributed by atoms with E-state index in [2.05, 4.69) is 5.43 Å². The third-order valence-electron chi connectivity index (χ3n) is 3.54. The molecule has 2 aromatic rings. The zero-order valence-corrected chi connectivity index (χ0v) is 15.3. The van der Waals surface area contributed by atoms with Crippen LogP contribution >= 0.6 is 24.0 Å². The molecule has 0 saturated carbocycles. The van der Waals surface area contributed by atoms with E-state index in [0.29, 0.717) is 21.8 Å². The fourth-order valence-electron chi connectivity index (χ4n) is 2.27. The van der Waals surface area contributed by atoms with Crippen molar-refractivity contribution in [2.24, 2.45) is 0 Å². The number of methoxy groups -OCH3 is 1. The van der Waals surface area contributed by atoms with Crippen molar-refractivity contribution < 1.29 is 19.4 Å². The van der Waals surface area contributed by atoms with Crippen LogP contribution in [0.5, 0.6) is 11.5 Å². The molecule has 1 aliphatic heterocycles. The minimum atomic E-state index is -0.431. The van der Waals surface area contributed by atoms with Crippen LogP contribution in [0.4, 0.5) is 0 Å². The SMILES string of the molecule is COc1ccc(C=C2SC(=S)N(NC(=O)c3ccccc3)C2=O)cc1O. The number of hydrazine groups is 1. The van der Waals surface area contributed by atoms with Gasteiger partial charge < -0.3 is 9.84 Å². The maximum Gasteiger partial charge on any atom is 0.285 e. The van der Waals surface area contributed by atoms with Crippen LogP contribution in [0.2, 0.25) is 0 Å². The van der Waals surface area contributed by atoms with Gasteiger partial charge >= 0.3 is 0 Å². The Morgan fingerprint density at radius 2 is 2.00 bits per heavy atom. The lowest BCUT2D eigenvalue weighted by molar-refractivity contribution is -0.123. The Morgan fingerprint density at radius 1 is 1.27 bits per heavy atom. The molecule has 2 amide bonds. The summed E-state index contributed by atoms with van der Waals surface area (Å²) in [7, 11) is 1.45. The molecule has 1 saturated heterocycles. The van der Waals surface area contributed by atoms with E-state index in [0.717, 1.165) is 16.8 Å². The van der Waals surface area contributed by atoms with Crippen LogP contribution in [-0.2, 0) is 4.79 Å². The smallest absolute Gasteiger partial charge is 0.285 e. The van der Waals surface area contributed by atoms with Crippen LogP contribution in [0.25, 0.3) is 6.08 Å². The molecule has 0 aromatic heterocycles. The van der Waals surface area contributed by atoms with Gasteiger partial charge in [0, 0.05) is 5.56 Å². The third-order valence-corrected chi connectivity index (χ3v) is 4.85. The summed E-state index contributed by atoms with van der Waals surface area (Å²) in [5.74, 6) is -0.552. The number of rotatable bonds is 4. The lowest BCUT2D eigenvalue weighted by atomic mass is 10.2. The molecular weight excluding hydrogens is 372 g/mol. The van der Waals surface area contributed by atoms with E-state index >= 15 is 0 Å². The highest BCUT2D eigenvalue weighted by molar-refractivity contribution is 8.26. The molecule has 0 unspecified atom stereocenters. The summed E-state index contributed by atoms with van der Waals surface area (Å²) < 4.78 is 5.22. The molecule has 0 spiro atoms. The number of hydrogen-bond acceptors (Lipinski definition) is 6. The van der Waals surface area contributed by atoms with Crippen LogP contribution in [-0.4, -0.2) is 33.4 Å². The predicted octanol–water partition coefficient (Wildman–Crippen LogP) is 2.95. The van der Waals surface area contributed by atoms with E-state index in [4.69, 9.17) is 17.0 Å². The number of thiocarbonyl (C=S) groups is 1. The Kier molecular flexibility index (Phi) is 5.24. The van der Waals surface area contributed by atoms with Crippen molar-refractivity contribution >= 4 is 46.2 Å². The Morgan fingerprint density at radius 3 is 2.65 bits per heavy atom. The Hall–Kier alpha value is -2.84. The van der Waals surface area contributed by atoms with E-state index in [1.54, 1.807) is 48.5 Å². The highest BCUT2D eigenvalue weighted by Gasteiger charge is 2.33. The van der Waals surface area contributed by atoms with Crippen molar-refractivity contribution in [2.75, 3.05) is 7.11 Å². The second-order valence-corrected chi connectivity index (χ2v) is 6.93. The van der Waals surface area contributed by atoms with Crippen molar-refractivity contribution in [1.29, 1.82) is 0 Å². The topological polar surface area (TPSA) is 78.9 Å². The highest BCUT2D eigenvalue weighted by atomic mass is 32.2. The molecule has 1 aliphatic rings. The van der Waals surface area contributed by atoms with E-state index in [1.807, 2.05) is 0 Å². The quantitative estimate of drug-likeness (QED) is 0.621. The minimum Gasteiger partial charge on any atom is -0.504 e. The maximum absolute atomic E-state index is 12.5. The van der Waals surface area contributed by atoms with Crippen LogP contribution in [0.1, 0.15) is 15.9 Å². The van der Waals surface area contributed by atoms with Crippen LogP contribution in [0.15, 0.2) is 53.4 Å². The average molecular weight is 386 g/mol. The molecule has 132 valence electrons. The monoisotopic (exact) mass is 386 g/mol. The van der Waals surface area contributed by atoms with Gasteiger partial charge in [-0.2, -0.15) is 5.01 Å². The number of thioether (sulfide) groups is 1. The Balaban J connectivity index is 1.78. The van der Waals surface area contributed by atoms with Gasteiger partial charge in [0.05, 0.1) is 12.0 Å². The standard InChI is InChI=1S/C18H14N2O4S2/c1-24-14-8-7-11(9-13(14)21)10-15-17(23)20(18(25)26-15)19-16(22)12-5-3-2-4-6-12/h2-10,21H,1H3,(H,19,22). The number of aromatic hydroxyl groups is 1. The first-order valence-electron chi connectivity index (χ1n) is 7.50. The number of phenols is 1. The number of phenolic OH excluding ortho intramolecular Hbond substituents is 1. The Labute approximate surface area is 159 Å². The van der Waals surface area contributed by atoms with Crippen LogP contribution < -0.4 is 10.2 Å². The van der Waals surface area contributed by atoms with E-state index in [9.17, 15) is 14.7 Å². The van der Waals surface area contributed by atoms with Crippen molar-refractivity contribution in [1.82, 2.24) is 10.4 Å². The summed E-state index contributed by atoms with van der Waals surface area (Å²) in [6.45, 7) is 0. The number of nitrogens with one attached hydrogen (secondary N) is 1. The zero-order chi connectivity index (χ0) is 18.7. The molecule has 0 radical (unpaired) electrons. The third kappa shape index (κ3) is 3.71. The molecule has 1 fully saturated rings. The first-order valence-corrected chi connectivity index (χ1v) is 8.73. The average Bonchev–Trinajstić information content (AvgIpc) is 2.90. The molecule has 0 atom stereocenters. The first kappa shape index (κ1) is 18.0. The molecule has 8 heteroatoms. The second-order valence-electron chi connectivity index (χ2n) is 5.26. The van der Waals surface area contributed by atoms with Gasteiger partial charge in [0.15, 0.2) is 15.8 Å². The van der Waals surface area contributed by atoms with Gasteiger partial charge in [-0.15, -0.1) is 0 Å². The van der Waals surface area contributed by atoms with Gasteiger partial charge in [-0.3, -0.25) is 15.0 Å². The van der Waals surface area contributed by atoms with E-state index in [-0.39, 0.29) is 10.1 Å². The van der Waals surface area contributed by atoms with Crippen molar-refractivity contribution in [2.45, 2.75) is 0 Å². The van der Waals surface area contributed by atoms with E-state index < -0.39 is 11.8 Å². The van der Waals surface area contributed by atoms with Crippen LogP contribution in [0.3, 0.4) is 0 Å². The summed E-state index contributed by atoms with van der Waals surface area (Å²) in [6.07, 6.45) is 1.59. The number of benzene rings is 2. The molecule has 0 bridgehead atoms. The van der Waals surface area contributed by atoms with Gasteiger partial charge in [-0.05, 0) is 48.1 Å². The summed E-state index contributed by atoms with van der Waals surface area (Å²) in [6, 6.07) is 13.3. The zero-order valence-electron chi connectivity index (χ0n) is 13.6. The van der Waals surface area contributed by atoms with Crippen molar-refractivity contribution in [3.05, 3.63) is 64.6 Å². The number of nitrogens with zero attached hydrogens (tertiary/aromatic N) is 1. The second kappa shape index (κ2) is 7.59. The minimum absolute atomic E-state index is 0.0332. The van der Waals surface area contributed by atoms with E-state index in [1.165, 1.54) is 13.2 Å². The molecule has 2 N–H and O–H groups in total. The van der Waals surface area contributed by atoms with Crippen LogP contribution in [0, 0.1) is 0 Å². The van der Waals surface area contributed by atoms with Crippen molar-refractivity contribution in [3.63, 3.8) is 0 Å². The fraction of sp³-hybridized carbons (Fsp3) is 0.0556. The van der Waals surface area contributed by atoms with Gasteiger partial charge in [-0.25, -0.2) is 0 Å².